The third-order valence-electron chi connectivity index (χ3n) is 3.05. The highest BCUT2D eigenvalue weighted by Crippen LogP contribution is 2.30. The molecule has 0 saturated heterocycles. The molecule has 2 nitrogen and oxygen atoms in total. The maximum Gasteiger partial charge on any atom is 0.142 e. The molecule has 16 heavy (non-hydrogen) atoms. The van der Waals surface area contributed by atoms with Crippen molar-refractivity contribution in [1.82, 2.24) is 5.32 Å². The molecule has 0 amide bonds. The molecular formula is C12H15ClFNO. The molecule has 4 heteroatoms. The van der Waals surface area contributed by atoms with Crippen molar-refractivity contribution in [3.05, 3.63) is 34.6 Å². The van der Waals surface area contributed by atoms with Gasteiger partial charge in [0, 0.05) is 13.1 Å². The van der Waals surface area contributed by atoms with Crippen LogP contribution in [0, 0.1) is 5.82 Å². The molecular weight excluding hydrogens is 229 g/mol. The molecule has 2 N–H and O–H groups in total. The summed E-state index contributed by atoms with van der Waals surface area (Å²) in [5.74, 6) is -0.400. The van der Waals surface area contributed by atoms with Crippen LogP contribution in [0.5, 0.6) is 0 Å². The summed E-state index contributed by atoms with van der Waals surface area (Å²) in [6.45, 7) is 1.12. The van der Waals surface area contributed by atoms with E-state index in [-0.39, 0.29) is 5.02 Å². The smallest absolute Gasteiger partial charge is 0.142 e. The van der Waals surface area contributed by atoms with Crippen LogP contribution in [0.4, 0.5) is 4.39 Å². The lowest BCUT2D eigenvalue weighted by molar-refractivity contribution is -0.0314. The van der Waals surface area contributed by atoms with E-state index in [1.54, 1.807) is 12.1 Å². The summed E-state index contributed by atoms with van der Waals surface area (Å²) >= 11 is 5.58. The zero-order chi connectivity index (χ0) is 11.6. The zero-order valence-electron chi connectivity index (χ0n) is 8.97. The molecule has 0 atom stereocenters. The lowest BCUT2D eigenvalue weighted by Gasteiger charge is -2.36. The highest BCUT2D eigenvalue weighted by molar-refractivity contribution is 6.30. The molecule has 2 rings (SSSR count). The zero-order valence-corrected chi connectivity index (χ0v) is 9.73. The average Bonchev–Trinajstić information content (AvgIpc) is 2.21. The monoisotopic (exact) mass is 243 g/mol. The summed E-state index contributed by atoms with van der Waals surface area (Å²) in [6.07, 6.45) is 2.80. The highest BCUT2D eigenvalue weighted by Gasteiger charge is 2.33. The minimum Gasteiger partial charge on any atom is -0.389 e. The van der Waals surface area contributed by atoms with Gasteiger partial charge in [-0.25, -0.2) is 4.39 Å². The van der Waals surface area contributed by atoms with Crippen LogP contribution in [-0.2, 0) is 6.54 Å². The Morgan fingerprint density at radius 1 is 1.44 bits per heavy atom. The second-order valence-corrected chi connectivity index (χ2v) is 4.84. The predicted molar refractivity (Wildman–Crippen MR) is 61.9 cm³/mol. The Kier molecular flexibility index (Phi) is 3.47. The summed E-state index contributed by atoms with van der Waals surface area (Å²) in [4.78, 5) is 0. The Morgan fingerprint density at radius 3 is 2.75 bits per heavy atom. The van der Waals surface area contributed by atoms with Crippen LogP contribution in [-0.4, -0.2) is 17.3 Å². The van der Waals surface area contributed by atoms with Crippen molar-refractivity contribution in [3.8, 4) is 0 Å². The van der Waals surface area contributed by atoms with E-state index >= 15 is 0 Å². The minimum absolute atomic E-state index is 0.140. The largest absolute Gasteiger partial charge is 0.389 e. The summed E-state index contributed by atoms with van der Waals surface area (Å²) in [5, 5.41) is 13.1. The van der Waals surface area contributed by atoms with Crippen molar-refractivity contribution in [1.29, 1.82) is 0 Å². The van der Waals surface area contributed by atoms with Crippen LogP contribution >= 0.6 is 11.6 Å². The number of rotatable bonds is 4. The van der Waals surface area contributed by atoms with Crippen molar-refractivity contribution in [2.45, 2.75) is 31.4 Å². The van der Waals surface area contributed by atoms with E-state index < -0.39 is 11.4 Å². The molecule has 0 aliphatic heterocycles. The fourth-order valence-corrected chi connectivity index (χ4v) is 1.97. The first-order valence-corrected chi connectivity index (χ1v) is 5.84. The number of halogens is 2. The van der Waals surface area contributed by atoms with Gasteiger partial charge < -0.3 is 10.4 Å². The second kappa shape index (κ2) is 4.70. The van der Waals surface area contributed by atoms with Crippen molar-refractivity contribution >= 4 is 11.6 Å². The average molecular weight is 244 g/mol. The molecule has 0 bridgehead atoms. The Morgan fingerprint density at radius 2 is 2.19 bits per heavy atom. The van der Waals surface area contributed by atoms with Crippen molar-refractivity contribution in [2.75, 3.05) is 6.54 Å². The first kappa shape index (κ1) is 11.8. The molecule has 1 aliphatic carbocycles. The van der Waals surface area contributed by atoms with E-state index in [0.717, 1.165) is 24.8 Å². The fourth-order valence-electron chi connectivity index (χ4n) is 1.85. The molecule has 1 aromatic carbocycles. The molecule has 0 unspecified atom stereocenters. The molecule has 88 valence electrons. The molecule has 0 aromatic heterocycles. The van der Waals surface area contributed by atoms with E-state index in [9.17, 15) is 9.50 Å². The van der Waals surface area contributed by atoms with E-state index in [0.29, 0.717) is 13.1 Å². The Labute approximate surface area is 99.4 Å². The second-order valence-electron chi connectivity index (χ2n) is 4.43. The van der Waals surface area contributed by atoms with Crippen LogP contribution in [0.3, 0.4) is 0 Å². The van der Waals surface area contributed by atoms with Crippen molar-refractivity contribution < 1.29 is 9.50 Å². The summed E-state index contributed by atoms with van der Waals surface area (Å²) in [6, 6.07) is 4.75. The third-order valence-corrected chi connectivity index (χ3v) is 3.36. The van der Waals surface area contributed by atoms with E-state index in [1.807, 2.05) is 0 Å². The standard InChI is InChI=1S/C12H15ClFNO/c13-10-3-2-9(6-11(10)14)7-15-8-12(16)4-1-5-12/h2-3,6,15-16H,1,4-5,7-8H2. The number of hydrogen-bond donors (Lipinski definition) is 2. The maximum atomic E-state index is 13.1. The van der Waals surface area contributed by atoms with Gasteiger partial charge in [0.1, 0.15) is 5.82 Å². The molecule has 1 fully saturated rings. The Balaban J connectivity index is 1.83. The van der Waals surface area contributed by atoms with E-state index in [2.05, 4.69) is 5.32 Å². The lowest BCUT2D eigenvalue weighted by Crippen LogP contribution is -2.45. The molecule has 1 saturated carbocycles. The summed E-state index contributed by atoms with van der Waals surface area (Å²) in [7, 11) is 0. The molecule has 0 heterocycles. The summed E-state index contributed by atoms with van der Waals surface area (Å²) in [5.41, 5.74) is 0.301. The number of hydrogen-bond acceptors (Lipinski definition) is 2. The molecule has 1 aliphatic rings. The van der Waals surface area contributed by atoms with Crippen LogP contribution in [0.2, 0.25) is 5.02 Å². The Hall–Kier alpha value is -0.640. The van der Waals surface area contributed by atoms with Gasteiger partial charge in [0.15, 0.2) is 0 Å². The van der Waals surface area contributed by atoms with Gasteiger partial charge in [0.05, 0.1) is 10.6 Å². The topological polar surface area (TPSA) is 32.3 Å². The normalized spacial score (nSPS) is 18.2. The predicted octanol–water partition coefficient (Wildman–Crippen LogP) is 2.48. The van der Waals surface area contributed by atoms with E-state index in [4.69, 9.17) is 11.6 Å². The van der Waals surface area contributed by atoms with Crippen LogP contribution in [0.25, 0.3) is 0 Å². The first-order chi connectivity index (χ1) is 7.59. The SMILES string of the molecule is OC1(CNCc2ccc(Cl)c(F)c2)CCC1. The minimum atomic E-state index is -0.537. The van der Waals surface area contributed by atoms with Gasteiger partial charge in [0.25, 0.3) is 0 Å². The van der Waals surface area contributed by atoms with Gasteiger partial charge in [-0.1, -0.05) is 17.7 Å². The highest BCUT2D eigenvalue weighted by atomic mass is 35.5. The first-order valence-electron chi connectivity index (χ1n) is 5.46. The molecule has 0 spiro atoms. The van der Waals surface area contributed by atoms with Gasteiger partial charge >= 0.3 is 0 Å². The van der Waals surface area contributed by atoms with Gasteiger partial charge in [-0.15, -0.1) is 0 Å². The fraction of sp³-hybridized carbons (Fsp3) is 0.500. The van der Waals surface area contributed by atoms with Crippen LogP contribution in [0.15, 0.2) is 18.2 Å². The Bertz CT molecular complexity index is 379. The maximum absolute atomic E-state index is 13.1. The number of aliphatic hydroxyl groups is 1. The quantitative estimate of drug-likeness (QED) is 0.852. The van der Waals surface area contributed by atoms with Gasteiger partial charge in [-0.2, -0.15) is 0 Å². The molecule has 0 radical (unpaired) electrons. The van der Waals surface area contributed by atoms with Crippen LogP contribution < -0.4 is 5.32 Å². The van der Waals surface area contributed by atoms with Gasteiger partial charge in [0.2, 0.25) is 0 Å². The lowest BCUT2D eigenvalue weighted by atomic mass is 9.80. The number of benzene rings is 1. The van der Waals surface area contributed by atoms with Gasteiger partial charge in [-0.05, 0) is 37.0 Å². The van der Waals surface area contributed by atoms with E-state index in [1.165, 1.54) is 6.07 Å². The third kappa shape index (κ3) is 2.73. The van der Waals surface area contributed by atoms with Crippen LogP contribution in [0.1, 0.15) is 24.8 Å². The summed E-state index contributed by atoms with van der Waals surface area (Å²) < 4.78 is 13.1. The van der Waals surface area contributed by atoms with Gasteiger partial charge in [-0.3, -0.25) is 0 Å². The van der Waals surface area contributed by atoms with Crippen molar-refractivity contribution in [3.63, 3.8) is 0 Å². The van der Waals surface area contributed by atoms with Crippen molar-refractivity contribution in [2.24, 2.45) is 0 Å². The number of nitrogens with one attached hydrogen (secondary N) is 1. The molecule has 1 aromatic rings.